The lowest BCUT2D eigenvalue weighted by Crippen LogP contribution is -3.00. The van der Waals surface area contributed by atoms with Crippen molar-refractivity contribution in [2.45, 2.75) is 0 Å². The number of hydrogen-bond acceptors (Lipinski definition) is 3. The molecule has 2 aliphatic heterocycles. The Bertz CT molecular complexity index is 698. The number of quaternary nitrogens is 1. The third-order valence-corrected chi connectivity index (χ3v) is 4.15. The molecular weight excluding hydrogens is 293 g/mol. The second-order valence-electron chi connectivity index (χ2n) is 3.98. The molecule has 0 saturated carbocycles. The minimum atomic E-state index is -1.31. The highest BCUT2D eigenvalue weighted by Crippen LogP contribution is 2.33. The Balaban J connectivity index is 2.30. The lowest BCUT2D eigenvalue weighted by Gasteiger charge is -2.21. The fourth-order valence-corrected chi connectivity index (χ4v) is 3.21. The molecule has 0 radical (unpaired) electrons. The highest BCUT2D eigenvalue weighted by molar-refractivity contribution is 8.05. The number of fused-ring (bicyclic) bond motifs is 3. The molecule has 19 heavy (non-hydrogen) atoms. The molecule has 2 N–H and O–H groups in total. The summed E-state index contributed by atoms with van der Waals surface area (Å²) in [6.45, 7) is 0. The van der Waals surface area contributed by atoms with E-state index in [1.165, 1.54) is 6.07 Å². The average Bonchev–Trinajstić information content (AvgIpc) is 2.80. The fourth-order valence-electron chi connectivity index (χ4n) is 2.10. The monoisotopic (exact) mass is 298 g/mol. The van der Waals surface area contributed by atoms with Crippen LogP contribution in [0.2, 0.25) is 5.02 Å². The topological polar surface area (TPSA) is 58.8 Å². The molecule has 0 spiro atoms. The molecule has 2 heterocycles. The molecule has 3 rings (SSSR count). The zero-order chi connectivity index (χ0) is 13.7. The van der Waals surface area contributed by atoms with E-state index in [-0.39, 0.29) is 16.2 Å². The molecular formula is C12H6ClFNO3S+. The van der Waals surface area contributed by atoms with Crippen molar-refractivity contribution < 1.29 is 24.0 Å². The van der Waals surface area contributed by atoms with Crippen molar-refractivity contribution in [3.8, 4) is 0 Å². The van der Waals surface area contributed by atoms with Crippen LogP contribution in [-0.4, -0.2) is 16.9 Å². The van der Waals surface area contributed by atoms with Gasteiger partial charge in [-0.1, -0.05) is 11.6 Å². The smallest absolute Gasteiger partial charge is 0.346 e. The summed E-state index contributed by atoms with van der Waals surface area (Å²) in [4.78, 5) is 24.0. The number of carboxylic acid groups (broad SMARTS) is 1. The van der Waals surface area contributed by atoms with E-state index in [1.807, 2.05) is 0 Å². The van der Waals surface area contributed by atoms with E-state index in [0.29, 0.717) is 15.6 Å². The van der Waals surface area contributed by atoms with Gasteiger partial charge in [-0.3, -0.25) is 4.79 Å². The molecule has 4 nitrogen and oxygen atoms in total. The Morgan fingerprint density at radius 2 is 2.16 bits per heavy atom. The van der Waals surface area contributed by atoms with Gasteiger partial charge >= 0.3 is 5.97 Å². The molecule has 1 aromatic carbocycles. The maximum Gasteiger partial charge on any atom is 0.346 e. The molecule has 1 unspecified atom stereocenters. The molecule has 7 heteroatoms. The zero-order valence-corrected chi connectivity index (χ0v) is 10.8. The van der Waals surface area contributed by atoms with Crippen molar-refractivity contribution in [3.63, 3.8) is 0 Å². The molecule has 2 aliphatic rings. The van der Waals surface area contributed by atoms with E-state index in [1.54, 1.807) is 11.6 Å². The quantitative estimate of drug-likeness (QED) is 0.775. The average molecular weight is 299 g/mol. The van der Waals surface area contributed by atoms with Gasteiger partial charge in [-0.2, -0.15) is 0 Å². The maximum atomic E-state index is 13.5. The fraction of sp³-hybridized carbons (Fsp3) is 0. The largest absolute Gasteiger partial charge is 0.477 e. The van der Waals surface area contributed by atoms with Gasteiger partial charge in [0.05, 0.1) is 10.6 Å². The Morgan fingerprint density at radius 1 is 1.42 bits per heavy atom. The molecule has 0 aliphatic carbocycles. The van der Waals surface area contributed by atoms with Crippen LogP contribution in [0.4, 0.5) is 10.1 Å². The molecule has 0 bridgehead atoms. The highest BCUT2D eigenvalue weighted by atomic mass is 35.5. The third-order valence-electron chi connectivity index (χ3n) is 2.93. The van der Waals surface area contributed by atoms with Gasteiger partial charge in [0.2, 0.25) is 5.78 Å². The lowest BCUT2D eigenvalue weighted by molar-refractivity contribution is -0.718. The van der Waals surface area contributed by atoms with E-state index < -0.39 is 17.6 Å². The number of nitrogens with one attached hydrogen (secondary N) is 1. The van der Waals surface area contributed by atoms with Crippen LogP contribution in [0, 0.1) is 5.82 Å². The molecule has 1 atom stereocenters. The Morgan fingerprint density at radius 3 is 2.84 bits per heavy atom. The van der Waals surface area contributed by atoms with Gasteiger partial charge in [0.1, 0.15) is 12.0 Å². The van der Waals surface area contributed by atoms with Crippen LogP contribution >= 0.6 is 23.4 Å². The number of hydrogen-bond donors (Lipinski definition) is 2. The van der Waals surface area contributed by atoms with Crippen LogP contribution in [0.15, 0.2) is 34.3 Å². The van der Waals surface area contributed by atoms with Crippen LogP contribution in [0.3, 0.4) is 0 Å². The molecule has 0 saturated heterocycles. The van der Waals surface area contributed by atoms with Crippen LogP contribution in [0.1, 0.15) is 10.4 Å². The van der Waals surface area contributed by atoms with Gasteiger partial charge < -0.3 is 5.11 Å². The number of carboxylic acids is 1. The van der Waals surface area contributed by atoms with Crippen molar-refractivity contribution in [3.05, 3.63) is 50.7 Å². The van der Waals surface area contributed by atoms with E-state index in [2.05, 4.69) is 0 Å². The summed E-state index contributed by atoms with van der Waals surface area (Å²) < 4.78 is 13.5. The first-order chi connectivity index (χ1) is 9.00. The van der Waals surface area contributed by atoms with E-state index in [4.69, 9.17) is 16.7 Å². The Labute approximate surface area is 116 Å². The molecule has 0 amide bonds. The summed E-state index contributed by atoms with van der Waals surface area (Å²) in [5.41, 5.74) is 0.182. The Hall–Kier alpha value is -1.63. The molecule has 96 valence electrons. The minimum absolute atomic E-state index is 0.0326. The van der Waals surface area contributed by atoms with E-state index >= 15 is 0 Å². The van der Waals surface area contributed by atoms with Crippen LogP contribution in [0.5, 0.6) is 0 Å². The zero-order valence-electron chi connectivity index (χ0n) is 9.24. The number of rotatable bonds is 1. The van der Waals surface area contributed by atoms with Crippen LogP contribution in [0.25, 0.3) is 0 Å². The summed E-state index contributed by atoms with van der Waals surface area (Å²) in [5.74, 6) is -2.74. The number of carbonyl (C=O) groups is 2. The first kappa shape index (κ1) is 12.4. The van der Waals surface area contributed by atoms with E-state index in [0.717, 1.165) is 17.8 Å². The first-order valence-corrected chi connectivity index (χ1v) is 6.48. The normalized spacial score (nSPS) is 20.5. The third kappa shape index (κ3) is 1.72. The first-order valence-electron chi connectivity index (χ1n) is 5.23. The predicted octanol–water partition coefficient (Wildman–Crippen LogP) is 1.71. The van der Waals surface area contributed by atoms with Gasteiger partial charge in [-0.15, -0.1) is 0 Å². The number of thioether (sulfide) groups is 1. The number of aliphatic carboxylic acids is 1. The maximum absolute atomic E-state index is 13.5. The van der Waals surface area contributed by atoms with Gasteiger partial charge in [0, 0.05) is 11.5 Å². The van der Waals surface area contributed by atoms with E-state index in [9.17, 15) is 14.0 Å². The highest BCUT2D eigenvalue weighted by Gasteiger charge is 2.41. The summed E-state index contributed by atoms with van der Waals surface area (Å²) >= 11 is 6.88. The van der Waals surface area contributed by atoms with Crippen molar-refractivity contribution in [2.75, 3.05) is 0 Å². The number of carbonyl (C=O) groups excluding carboxylic acids is 1. The summed E-state index contributed by atoms with van der Waals surface area (Å²) in [6.07, 6.45) is 1.70. The summed E-state index contributed by atoms with van der Waals surface area (Å²) in [7, 11) is 0. The SMILES string of the molecule is O=C(O)C1=C2SC=C[NH+]2c2cc(Cl)c(F)cc2C1=O. The van der Waals surface area contributed by atoms with Crippen molar-refractivity contribution in [2.24, 2.45) is 0 Å². The van der Waals surface area contributed by atoms with Crippen LogP contribution in [-0.2, 0) is 4.79 Å². The van der Waals surface area contributed by atoms with Crippen LogP contribution < -0.4 is 4.90 Å². The Kier molecular flexibility index (Phi) is 2.74. The van der Waals surface area contributed by atoms with Crippen molar-refractivity contribution in [1.82, 2.24) is 0 Å². The summed E-state index contributed by atoms with van der Waals surface area (Å²) in [5, 5.41) is 11.1. The lowest BCUT2D eigenvalue weighted by atomic mass is 9.98. The van der Waals surface area contributed by atoms with Crippen molar-refractivity contribution in [1.29, 1.82) is 0 Å². The standard InChI is InChI=1S/C12H5ClFNO3S/c13-6-4-8-5(3-7(6)14)10(16)9(12(17)18)11-15(8)1-2-19-11/h1-4H,(H,17,18)/p+1. The van der Waals surface area contributed by atoms with Gasteiger partial charge in [-0.25, -0.2) is 14.1 Å². The number of ketones is 1. The predicted molar refractivity (Wildman–Crippen MR) is 67.8 cm³/mol. The number of halogens is 2. The molecule has 0 fully saturated rings. The van der Waals surface area contributed by atoms with Crippen molar-refractivity contribution >= 4 is 40.8 Å². The number of Topliss-reactive ketones (excluding diaryl/α,β-unsaturated/α-hetero) is 1. The van der Waals surface area contributed by atoms with Gasteiger partial charge in [0.25, 0.3) is 0 Å². The van der Waals surface area contributed by atoms with Gasteiger partial charge in [-0.05, 0) is 17.8 Å². The second-order valence-corrected chi connectivity index (χ2v) is 5.31. The minimum Gasteiger partial charge on any atom is -0.477 e. The summed E-state index contributed by atoms with van der Waals surface area (Å²) in [6, 6.07) is 2.35. The molecule has 1 aromatic rings. The molecule has 0 aromatic heterocycles. The van der Waals surface area contributed by atoms with Gasteiger partial charge in [0.15, 0.2) is 16.3 Å². The number of benzene rings is 1. The second kappa shape index (κ2) is 4.19.